The Labute approximate surface area is 114 Å². The summed E-state index contributed by atoms with van der Waals surface area (Å²) in [5.74, 6) is -0.0647. The number of aryl methyl sites for hydroxylation is 1. The minimum absolute atomic E-state index is 0.0647. The number of benzene rings is 2. The molecule has 0 heterocycles. The monoisotopic (exact) mass is 337 g/mol. The second-order valence-electron chi connectivity index (χ2n) is 3.78. The Morgan fingerprint density at radius 3 is 2.59 bits per heavy atom. The van der Waals surface area contributed by atoms with Gasteiger partial charge in [-0.3, -0.25) is 4.79 Å². The molecule has 0 aliphatic carbocycles. The first-order valence-corrected chi connectivity index (χ1v) is 6.37. The summed E-state index contributed by atoms with van der Waals surface area (Å²) in [5.41, 5.74) is 2.52. The fraction of sp³-hybridized carbons (Fsp3) is 0.0714. The number of rotatable bonds is 2. The zero-order chi connectivity index (χ0) is 12.3. The Kier molecular flexibility index (Phi) is 3.78. The predicted molar refractivity (Wildman–Crippen MR) is 78.3 cm³/mol. The molecule has 2 aromatic carbocycles. The van der Waals surface area contributed by atoms with Crippen molar-refractivity contribution >= 4 is 34.2 Å². The molecule has 0 aromatic heterocycles. The summed E-state index contributed by atoms with van der Waals surface area (Å²) in [6.45, 7) is 1.93. The maximum Gasteiger partial charge on any atom is 0.255 e. The Morgan fingerprint density at radius 2 is 1.88 bits per heavy atom. The zero-order valence-electron chi connectivity index (χ0n) is 9.41. The molecule has 0 saturated carbocycles. The van der Waals surface area contributed by atoms with Crippen LogP contribution < -0.4 is 5.32 Å². The van der Waals surface area contributed by atoms with Gasteiger partial charge in [-0.1, -0.05) is 24.3 Å². The van der Waals surface area contributed by atoms with Crippen LogP contribution in [0.4, 0.5) is 5.69 Å². The second kappa shape index (κ2) is 5.31. The molecule has 1 amide bonds. The summed E-state index contributed by atoms with van der Waals surface area (Å²) in [4.78, 5) is 12.0. The summed E-state index contributed by atoms with van der Waals surface area (Å²) >= 11 is 2.22. The van der Waals surface area contributed by atoms with Gasteiger partial charge in [-0.25, -0.2) is 0 Å². The van der Waals surface area contributed by atoms with Gasteiger partial charge < -0.3 is 5.32 Å². The smallest absolute Gasteiger partial charge is 0.255 e. The van der Waals surface area contributed by atoms with Gasteiger partial charge in [0.25, 0.3) is 5.91 Å². The molecule has 0 bridgehead atoms. The first-order chi connectivity index (χ1) is 8.16. The number of hydrogen-bond acceptors (Lipinski definition) is 1. The molecule has 17 heavy (non-hydrogen) atoms. The van der Waals surface area contributed by atoms with Crippen LogP contribution >= 0.6 is 22.6 Å². The quantitative estimate of drug-likeness (QED) is 0.829. The summed E-state index contributed by atoms with van der Waals surface area (Å²) in [7, 11) is 0. The molecule has 0 aliphatic rings. The molecule has 2 rings (SSSR count). The molecule has 0 saturated heterocycles. The van der Waals surface area contributed by atoms with Crippen molar-refractivity contribution in [1.29, 1.82) is 0 Å². The lowest BCUT2D eigenvalue weighted by atomic mass is 10.1. The molecular weight excluding hydrogens is 325 g/mol. The van der Waals surface area contributed by atoms with Crippen molar-refractivity contribution in [3.63, 3.8) is 0 Å². The second-order valence-corrected chi connectivity index (χ2v) is 5.03. The minimum Gasteiger partial charge on any atom is -0.322 e. The topological polar surface area (TPSA) is 29.1 Å². The molecule has 0 fully saturated rings. The molecule has 2 nitrogen and oxygen atoms in total. The molecule has 3 heteroatoms. The van der Waals surface area contributed by atoms with Crippen LogP contribution in [-0.2, 0) is 0 Å². The van der Waals surface area contributed by atoms with Gasteiger partial charge in [-0.15, -0.1) is 0 Å². The highest BCUT2D eigenvalue weighted by Gasteiger charge is 2.08. The van der Waals surface area contributed by atoms with Gasteiger partial charge in [0, 0.05) is 14.8 Å². The highest BCUT2D eigenvalue weighted by molar-refractivity contribution is 14.1. The minimum atomic E-state index is -0.0647. The van der Waals surface area contributed by atoms with Crippen molar-refractivity contribution < 1.29 is 4.79 Å². The first-order valence-electron chi connectivity index (χ1n) is 5.29. The van der Waals surface area contributed by atoms with Crippen molar-refractivity contribution in [1.82, 2.24) is 0 Å². The van der Waals surface area contributed by atoms with E-state index in [0.29, 0.717) is 5.56 Å². The Balaban J connectivity index is 2.20. The molecule has 0 aliphatic heterocycles. The Bertz CT molecular complexity index is 551. The van der Waals surface area contributed by atoms with Gasteiger partial charge >= 0.3 is 0 Å². The molecule has 0 unspecified atom stereocenters. The van der Waals surface area contributed by atoms with Crippen molar-refractivity contribution in [2.45, 2.75) is 6.92 Å². The highest BCUT2D eigenvalue weighted by atomic mass is 127. The van der Waals surface area contributed by atoms with Crippen LogP contribution in [0.2, 0.25) is 0 Å². The number of anilines is 1. The number of amides is 1. The Hall–Kier alpha value is -1.36. The van der Waals surface area contributed by atoms with Crippen LogP contribution in [0.1, 0.15) is 15.9 Å². The maximum atomic E-state index is 12.0. The van der Waals surface area contributed by atoms with Crippen LogP contribution in [0.3, 0.4) is 0 Å². The summed E-state index contributed by atoms with van der Waals surface area (Å²) in [6, 6.07) is 15.3. The third kappa shape index (κ3) is 3.06. The van der Waals surface area contributed by atoms with E-state index in [-0.39, 0.29) is 5.91 Å². The first kappa shape index (κ1) is 12.1. The van der Waals surface area contributed by atoms with Crippen LogP contribution in [0.5, 0.6) is 0 Å². The van der Waals surface area contributed by atoms with E-state index in [0.717, 1.165) is 14.8 Å². The molecule has 86 valence electrons. The van der Waals surface area contributed by atoms with Crippen LogP contribution in [0.25, 0.3) is 0 Å². The molecule has 1 N–H and O–H groups in total. The van der Waals surface area contributed by atoms with Crippen LogP contribution in [0.15, 0.2) is 48.5 Å². The standard InChI is InChI=1S/C14H12INO/c1-10-5-2-3-8-13(10)14(17)16-12-7-4-6-11(15)9-12/h2-9H,1H3,(H,16,17). The molecule has 0 radical (unpaired) electrons. The van der Waals surface area contributed by atoms with Crippen molar-refractivity contribution in [3.8, 4) is 0 Å². The van der Waals surface area contributed by atoms with E-state index < -0.39 is 0 Å². The highest BCUT2D eigenvalue weighted by Crippen LogP contribution is 2.15. The van der Waals surface area contributed by atoms with E-state index in [1.54, 1.807) is 0 Å². The molecular formula is C14H12INO. The molecule has 0 spiro atoms. The van der Waals surface area contributed by atoms with Gasteiger partial charge in [0.1, 0.15) is 0 Å². The van der Waals surface area contributed by atoms with E-state index in [4.69, 9.17) is 0 Å². The SMILES string of the molecule is Cc1ccccc1C(=O)Nc1cccc(I)c1. The van der Waals surface area contributed by atoms with Gasteiger partial charge in [0.15, 0.2) is 0 Å². The van der Waals surface area contributed by atoms with Gasteiger partial charge in [-0.05, 0) is 59.3 Å². The predicted octanol–water partition coefficient (Wildman–Crippen LogP) is 3.85. The lowest BCUT2D eigenvalue weighted by Gasteiger charge is -2.07. The lowest BCUT2D eigenvalue weighted by molar-refractivity contribution is 0.102. The van der Waals surface area contributed by atoms with Gasteiger partial charge in [0.05, 0.1) is 0 Å². The average molecular weight is 337 g/mol. The van der Waals surface area contributed by atoms with E-state index in [1.165, 1.54) is 0 Å². The number of carbonyl (C=O) groups excluding carboxylic acids is 1. The van der Waals surface area contributed by atoms with Gasteiger partial charge in [0.2, 0.25) is 0 Å². The number of hydrogen-bond donors (Lipinski definition) is 1. The molecule has 0 atom stereocenters. The van der Waals surface area contributed by atoms with Crippen LogP contribution in [0, 0.1) is 10.5 Å². The van der Waals surface area contributed by atoms with E-state index >= 15 is 0 Å². The molecule has 2 aromatic rings. The van der Waals surface area contributed by atoms with Gasteiger partial charge in [-0.2, -0.15) is 0 Å². The lowest BCUT2D eigenvalue weighted by Crippen LogP contribution is -2.13. The number of nitrogens with one attached hydrogen (secondary N) is 1. The Morgan fingerprint density at radius 1 is 1.12 bits per heavy atom. The fourth-order valence-electron chi connectivity index (χ4n) is 1.59. The van der Waals surface area contributed by atoms with Crippen molar-refractivity contribution in [2.75, 3.05) is 5.32 Å². The van der Waals surface area contributed by atoms with E-state index in [2.05, 4.69) is 27.9 Å². The van der Waals surface area contributed by atoms with Crippen molar-refractivity contribution in [3.05, 3.63) is 63.2 Å². The maximum absolute atomic E-state index is 12.0. The summed E-state index contributed by atoms with van der Waals surface area (Å²) in [6.07, 6.45) is 0. The number of halogens is 1. The average Bonchev–Trinajstić information content (AvgIpc) is 2.29. The summed E-state index contributed by atoms with van der Waals surface area (Å²) in [5, 5.41) is 2.90. The largest absolute Gasteiger partial charge is 0.322 e. The summed E-state index contributed by atoms with van der Waals surface area (Å²) < 4.78 is 1.10. The third-order valence-corrected chi connectivity index (χ3v) is 3.14. The third-order valence-electron chi connectivity index (χ3n) is 2.47. The van der Waals surface area contributed by atoms with E-state index in [1.807, 2.05) is 55.5 Å². The van der Waals surface area contributed by atoms with E-state index in [9.17, 15) is 4.79 Å². The van der Waals surface area contributed by atoms with Crippen molar-refractivity contribution in [2.24, 2.45) is 0 Å². The normalized spacial score (nSPS) is 10.0. The fourth-order valence-corrected chi connectivity index (χ4v) is 2.14. The zero-order valence-corrected chi connectivity index (χ0v) is 11.6. The van der Waals surface area contributed by atoms with Crippen LogP contribution in [-0.4, -0.2) is 5.91 Å². The number of carbonyl (C=O) groups is 1.